The molecule has 0 saturated heterocycles. The molecule has 74 valence electrons. The van der Waals surface area contributed by atoms with Gasteiger partial charge >= 0.3 is 5.69 Å². The summed E-state index contributed by atoms with van der Waals surface area (Å²) < 4.78 is 4.04. The van der Waals surface area contributed by atoms with Crippen molar-refractivity contribution >= 4 is 11.2 Å². The van der Waals surface area contributed by atoms with Crippen molar-refractivity contribution in [2.45, 2.75) is 0 Å². The lowest BCUT2D eigenvalue weighted by Gasteiger charge is -2.02. The summed E-state index contributed by atoms with van der Waals surface area (Å²) >= 11 is 0. The molecule has 0 aliphatic rings. The number of fused-ring (bicyclic) bond motifs is 1. The Morgan fingerprint density at radius 3 is 2.43 bits per heavy atom. The zero-order valence-electron chi connectivity index (χ0n) is 8.18. The fraction of sp³-hybridized carbons (Fsp3) is 0.375. The van der Waals surface area contributed by atoms with Gasteiger partial charge in [0.1, 0.15) is 0 Å². The fourth-order valence-corrected chi connectivity index (χ4v) is 1.47. The molecular formula is C8H10N4O2. The van der Waals surface area contributed by atoms with Gasteiger partial charge in [-0.15, -0.1) is 0 Å². The Labute approximate surface area is 79.0 Å². The smallest absolute Gasteiger partial charge is 0.328 e. The Bertz CT molecular complexity index is 617. The van der Waals surface area contributed by atoms with Gasteiger partial charge in [-0.3, -0.25) is 13.9 Å². The van der Waals surface area contributed by atoms with Crippen molar-refractivity contribution in [2.24, 2.45) is 21.1 Å². The van der Waals surface area contributed by atoms with Crippen molar-refractivity contribution in [3.8, 4) is 0 Å². The van der Waals surface area contributed by atoms with Crippen LogP contribution in [-0.4, -0.2) is 18.7 Å². The van der Waals surface area contributed by atoms with Crippen LogP contribution in [0.5, 0.6) is 0 Å². The molecule has 2 heterocycles. The lowest BCUT2D eigenvalue weighted by Crippen LogP contribution is -2.37. The first-order valence-corrected chi connectivity index (χ1v) is 4.11. The van der Waals surface area contributed by atoms with E-state index in [9.17, 15) is 9.59 Å². The van der Waals surface area contributed by atoms with Crippen molar-refractivity contribution in [1.29, 1.82) is 0 Å². The third-order valence-corrected chi connectivity index (χ3v) is 2.32. The second kappa shape index (κ2) is 2.57. The summed E-state index contributed by atoms with van der Waals surface area (Å²) in [5.74, 6) is 0. The molecule has 0 saturated carbocycles. The molecule has 0 atom stereocenters. The largest absolute Gasteiger partial charge is 0.332 e. The van der Waals surface area contributed by atoms with Crippen molar-refractivity contribution in [2.75, 3.05) is 0 Å². The van der Waals surface area contributed by atoms with Gasteiger partial charge in [-0.1, -0.05) is 0 Å². The normalized spacial score (nSPS) is 11.1. The average Bonchev–Trinajstić information content (AvgIpc) is 2.54. The third kappa shape index (κ3) is 0.876. The number of hydrogen-bond donors (Lipinski definition) is 0. The maximum atomic E-state index is 11.7. The highest BCUT2D eigenvalue weighted by atomic mass is 16.2. The summed E-state index contributed by atoms with van der Waals surface area (Å²) in [6, 6.07) is 0. The molecule has 0 radical (unpaired) electrons. The molecule has 0 amide bonds. The molecule has 2 aromatic heterocycles. The zero-order valence-corrected chi connectivity index (χ0v) is 8.18. The first-order valence-electron chi connectivity index (χ1n) is 4.11. The van der Waals surface area contributed by atoms with Gasteiger partial charge < -0.3 is 4.57 Å². The number of hydrogen-bond acceptors (Lipinski definition) is 3. The molecule has 0 aromatic carbocycles. The monoisotopic (exact) mass is 197 g/mol. The Balaban J connectivity index is 3.22. The molecule has 0 unspecified atom stereocenters. The predicted molar refractivity (Wildman–Crippen MR) is 51.2 cm³/mol. The number of rotatable bonds is 0. The second-order valence-electron chi connectivity index (χ2n) is 3.23. The lowest BCUT2D eigenvalue weighted by molar-refractivity contribution is 0.705. The van der Waals surface area contributed by atoms with E-state index in [1.54, 1.807) is 18.7 Å². The van der Waals surface area contributed by atoms with Gasteiger partial charge in [0.15, 0.2) is 11.2 Å². The highest BCUT2D eigenvalue weighted by Crippen LogP contribution is 2.01. The summed E-state index contributed by atoms with van der Waals surface area (Å²) in [5, 5.41) is 0. The highest BCUT2D eigenvalue weighted by molar-refractivity contribution is 5.69. The van der Waals surface area contributed by atoms with Crippen LogP contribution in [0, 0.1) is 0 Å². The van der Waals surface area contributed by atoms with Gasteiger partial charge in [-0.25, -0.2) is 9.78 Å². The summed E-state index contributed by atoms with van der Waals surface area (Å²) in [7, 11) is 4.77. The van der Waals surface area contributed by atoms with Crippen LogP contribution in [0.2, 0.25) is 0 Å². The molecule has 0 fully saturated rings. The summed E-state index contributed by atoms with van der Waals surface area (Å²) in [6.45, 7) is 0. The van der Waals surface area contributed by atoms with Crippen LogP contribution in [0.3, 0.4) is 0 Å². The Morgan fingerprint density at radius 2 is 1.79 bits per heavy atom. The standard InChI is InChI=1S/C8H10N4O2/c1-10-4-9-6-5(10)7(13)12(3)8(14)11(6)2/h4H,1-3H3/i8+1,10+1,11+1. The Morgan fingerprint density at radius 1 is 1.14 bits per heavy atom. The van der Waals surface area contributed by atoms with E-state index in [2.05, 4.69) is 4.98 Å². The van der Waals surface area contributed by atoms with Crippen molar-refractivity contribution in [3.05, 3.63) is 27.2 Å². The molecule has 0 aliphatic carbocycles. The van der Waals surface area contributed by atoms with Crippen molar-refractivity contribution < 1.29 is 0 Å². The van der Waals surface area contributed by atoms with Crippen molar-refractivity contribution in [3.63, 3.8) is 0 Å². The van der Waals surface area contributed by atoms with E-state index in [0.717, 1.165) is 4.57 Å². The number of aryl methyl sites for hydroxylation is 2. The molecular weight excluding hydrogens is 187 g/mol. The summed E-state index contributed by atoms with van der Waals surface area (Å²) in [5.41, 5.74) is 0.180. The van der Waals surface area contributed by atoms with Crippen LogP contribution in [-0.2, 0) is 21.1 Å². The van der Waals surface area contributed by atoms with E-state index < -0.39 is 0 Å². The predicted octanol–water partition coefficient (Wildman–Crippen LogP) is -1.03. The van der Waals surface area contributed by atoms with E-state index in [4.69, 9.17) is 0 Å². The van der Waals surface area contributed by atoms with Gasteiger partial charge in [-0.05, 0) is 0 Å². The molecule has 14 heavy (non-hydrogen) atoms. The number of nitrogens with zero attached hydrogens (tertiary/aromatic N) is 4. The van der Waals surface area contributed by atoms with Crippen LogP contribution in [0.1, 0.15) is 0 Å². The minimum absolute atomic E-state index is 0.317. The van der Waals surface area contributed by atoms with Gasteiger partial charge in [0.25, 0.3) is 5.56 Å². The molecule has 0 N–H and O–H groups in total. The van der Waals surface area contributed by atoms with E-state index in [-0.39, 0.29) is 11.2 Å². The summed E-state index contributed by atoms with van der Waals surface area (Å²) in [4.78, 5) is 27.2. The first-order chi connectivity index (χ1) is 6.54. The Kier molecular flexibility index (Phi) is 1.60. The maximum absolute atomic E-state index is 11.7. The average molecular weight is 197 g/mol. The topological polar surface area (TPSA) is 61.8 Å². The van der Waals surface area contributed by atoms with Crippen LogP contribution < -0.4 is 11.2 Å². The lowest BCUT2D eigenvalue weighted by atomic mass is 10.6. The van der Waals surface area contributed by atoms with Crippen LogP contribution >= 0.6 is 0 Å². The van der Waals surface area contributed by atoms with Gasteiger partial charge in [0.05, 0.1) is 6.33 Å². The second-order valence-corrected chi connectivity index (χ2v) is 3.23. The van der Waals surface area contributed by atoms with E-state index in [1.807, 2.05) is 0 Å². The molecule has 0 aliphatic heterocycles. The third-order valence-electron chi connectivity index (χ3n) is 2.32. The van der Waals surface area contributed by atoms with E-state index in [1.165, 1.54) is 17.9 Å². The van der Waals surface area contributed by atoms with E-state index in [0.29, 0.717) is 11.2 Å². The summed E-state index contributed by atoms with van der Waals surface area (Å²) in [6.07, 6.45) is 1.52. The van der Waals surface area contributed by atoms with Crippen LogP contribution in [0.15, 0.2) is 15.9 Å². The van der Waals surface area contributed by atoms with Crippen LogP contribution in [0.25, 0.3) is 11.2 Å². The molecule has 0 bridgehead atoms. The molecule has 6 nitrogen and oxygen atoms in total. The zero-order chi connectivity index (χ0) is 10.5. The maximum Gasteiger partial charge on any atom is 0.332 e. The van der Waals surface area contributed by atoms with Crippen molar-refractivity contribution in [1.82, 2.24) is 18.7 Å². The SMILES string of the molecule is Cn1c(=O)c2c(nc[15n]2C)[15n](C)[13c]1=O. The number of aromatic nitrogens is 4. The Hall–Kier alpha value is -1.85. The van der Waals surface area contributed by atoms with Crippen LogP contribution in [0.4, 0.5) is 0 Å². The van der Waals surface area contributed by atoms with Gasteiger partial charge in [0, 0.05) is 21.1 Å². The van der Waals surface area contributed by atoms with E-state index >= 15 is 0 Å². The fourth-order valence-electron chi connectivity index (χ4n) is 1.47. The minimum atomic E-state index is -0.360. The molecule has 2 aromatic rings. The highest BCUT2D eigenvalue weighted by Gasteiger charge is 2.11. The van der Waals surface area contributed by atoms with Gasteiger partial charge in [-0.2, -0.15) is 0 Å². The number of imidazole rings is 1. The van der Waals surface area contributed by atoms with Gasteiger partial charge in [0.2, 0.25) is 0 Å². The molecule has 0 spiro atoms. The quantitative estimate of drug-likeness (QED) is 0.542. The molecule has 6 heteroatoms. The first kappa shape index (κ1) is 8.74. The molecule has 2 rings (SSSR count). The minimum Gasteiger partial charge on any atom is -0.328 e.